The Kier molecular flexibility index (Phi) is 5.47. The molecule has 1 aromatic heterocycles. The molecule has 0 aliphatic rings. The van der Waals surface area contributed by atoms with Crippen molar-refractivity contribution in [1.82, 2.24) is 10.3 Å². The van der Waals surface area contributed by atoms with Crippen molar-refractivity contribution in [2.24, 2.45) is 0 Å². The summed E-state index contributed by atoms with van der Waals surface area (Å²) in [7, 11) is -8.91. The maximum absolute atomic E-state index is 11.5. The Morgan fingerprint density at radius 3 is 2.17 bits per heavy atom. The smallest absolute Gasteiger partial charge is 0.295 e. The van der Waals surface area contributed by atoms with Gasteiger partial charge >= 0.3 is 0 Å². The van der Waals surface area contributed by atoms with E-state index in [1.165, 1.54) is 12.1 Å². The number of hydrogen-bond donors (Lipinski definition) is 5. The number of nitrogens with one attached hydrogen (secondary N) is 1. The molecule has 29 heavy (non-hydrogen) atoms. The average molecular weight is 440 g/mol. The summed E-state index contributed by atoms with van der Waals surface area (Å²) in [5, 5.41) is 22.8. The van der Waals surface area contributed by atoms with Gasteiger partial charge in [0.05, 0.1) is 10.6 Å². The van der Waals surface area contributed by atoms with Crippen molar-refractivity contribution < 1.29 is 36.2 Å². The Morgan fingerprint density at radius 2 is 1.52 bits per heavy atom. The molecule has 3 rings (SSSR count). The minimum Gasteiger partial charge on any atom is -0.508 e. The molecule has 0 atom stereocenters. The van der Waals surface area contributed by atoms with Crippen molar-refractivity contribution in [1.29, 1.82) is 0 Å². The van der Waals surface area contributed by atoms with E-state index in [0.29, 0.717) is 5.69 Å². The standard InChI is InChI=1S/C17H16N2O8S2/c20-14-4-2-12(28(22,23)24)7-10(14)8-18-9-11-1-3-13-16(29(25,26)27)6-5-15(21)17(13)19-11/h1-7,18,20-21H,8-9H2,(H,22,23,24)(H,25,26,27). The second kappa shape index (κ2) is 7.57. The Balaban J connectivity index is 1.83. The van der Waals surface area contributed by atoms with Crippen molar-refractivity contribution in [3.63, 3.8) is 0 Å². The van der Waals surface area contributed by atoms with Crippen LogP contribution in [-0.2, 0) is 33.3 Å². The number of rotatable bonds is 6. The van der Waals surface area contributed by atoms with Gasteiger partial charge in [-0.2, -0.15) is 16.8 Å². The van der Waals surface area contributed by atoms with E-state index in [1.54, 1.807) is 0 Å². The number of phenols is 2. The predicted octanol–water partition coefficient (Wildman–Crippen LogP) is 1.43. The number of aromatic nitrogens is 1. The van der Waals surface area contributed by atoms with Crippen LogP contribution in [0.25, 0.3) is 10.9 Å². The fraction of sp³-hybridized carbons (Fsp3) is 0.118. The topological polar surface area (TPSA) is 174 Å². The molecule has 12 heteroatoms. The molecule has 0 bridgehead atoms. The number of fused-ring (bicyclic) bond motifs is 1. The average Bonchev–Trinajstić information content (AvgIpc) is 2.62. The van der Waals surface area contributed by atoms with Crippen LogP contribution < -0.4 is 5.32 Å². The maximum atomic E-state index is 11.5. The summed E-state index contributed by atoms with van der Waals surface area (Å²) in [4.78, 5) is 3.43. The zero-order valence-electron chi connectivity index (χ0n) is 14.6. The van der Waals surface area contributed by atoms with Crippen molar-refractivity contribution in [3.8, 4) is 11.5 Å². The van der Waals surface area contributed by atoms with Gasteiger partial charge in [-0.15, -0.1) is 0 Å². The van der Waals surface area contributed by atoms with Crippen LogP contribution in [-0.4, -0.2) is 41.1 Å². The Hall–Kier alpha value is -2.77. The highest BCUT2D eigenvalue weighted by Gasteiger charge is 2.17. The molecule has 1 heterocycles. The molecule has 0 amide bonds. The van der Waals surface area contributed by atoms with Crippen molar-refractivity contribution in [2.75, 3.05) is 0 Å². The number of aromatic hydroxyl groups is 2. The first-order chi connectivity index (χ1) is 13.5. The van der Waals surface area contributed by atoms with E-state index in [1.807, 2.05) is 0 Å². The molecular weight excluding hydrogens is 424 g/mol. The van der Waals surface area contributed by atoms with E-state index in [2.05, 4.69) is 10.3 Å². The second-order valence-corrected chi connectivity index (χ2v) is 8.94. The van der Waals surface area contributed by atoms with Crippen LogP contribution in [0.2, 0.25) is 0 Å². The van der Waals surface area contributed by atoms with Crippen LogP contribution in [0.1, 0.15) is 11.3 Å². The SMILES string of the molecule is O=S(=O)(O)c1ccc(O)c(CNCc2ccc3c(S(=O)(=O)O)ccc(O)c3n2)c1. The first kappa shape index (κ1) is 21.0. The van der Waals surface area contributed by atoms with Crippen molar-refractivity contribution in [3.05, 3.63) is 53.7 Å². The summed E-state index contributed by atoms with van der Waals surface area (Å²) < 4.78 is 63.7. The number of benzene rings is 2. The molecule has 154 valence electrons. The predicted molar refractivity (Wildman–Crippen MR) is 102 cm³/mol. The third kappa shape index (κ3) is 4.63. The summed E-state index contributed by atoms with van der Waals surface area (Å²) >= 11 is 0. The lowest BCUT2D eigenvalue weighted by atomic mass is 10.1. The molecular formula is C17H16N2O8S2. The van der Waals surface area contributed by atoms with Gasteiger partial charge in [-0.1, -0.05) is 0 Å². The zero-order valence-corrected chi connectivity index (χ0v) is 16.3. The highest BCUT2D eigenvalue weighted by atomic mass is 32.2. The summed E-state index contributed by atoms with van der Waals surface area (Å²) in [5.41, 5.74) is 0.610. The monoisotopic (exact) mass is 440 g/mol. The number of pyridine rings is 1. The molecule has 0 saturated heterocycles. The molecule has 3 aromatic rings. The van der Waals surface area contributed by atoms with E-state index >= 15 is 0 Å². The number of phenolic OH excluding ortho intramolecular Hbond substituents is 2. The van der Waals surface area contributed by atoms with Gasteiger partial charge in [0.2, 0.25) is 0 Å². The lowest BCUT2D eigenvalue weighted by molar-refractivity contribution is 0.462. The van der Waals surface area contributed by atoms with Gasteiger partial charge in [0.25, 0.3) is 20.2 Å². The Labute approximate surface area is 166 Å². The van der Waals surface area contributed by atoms with Crippen molar-refractivity contribution in [2.45, 2.75) is 22.9 Å². The molecule has 10 nitrogen and oxygen atoms in total. The first-order valence-corrected chi connectivity index (χ1v) is 10.9. The molecule has 0 aliphatic heterocycles. The Morgan fingerprint density at radius 1 is 0.828 bits per heavy atom. The normalized spacial score (nSPS) is 12.3. The van der Waals surface area contributed by atoms with Gasteiger partial charge in [0.1, 0.15) is 21.9 Å². The molecule has 0 saturated carbocycles. The first-order valence-electron chi connectivity index (χ1n) is 8.06. The van der Waals surface area contributed by atoms with E-state index in [-0.39, 0.29) is 50.8 Å². The molecule has 0 fully saturated rings. The van der Waals surface area contributed by atoms with Crippen LogP contribution in [0.4, 0.5) is 0 Å². The summed E-state index contributed by atoms with van der Waals surface area (Å²) in [6, 6.07) is 8.37. The zero-order chi connectivity index (χ0) is 21.4. The molecule has 5 N–H and O–H groups in total. The van der Waals surface area contributed by atoms with Crippen LogP contribution in [0, 0.1) is 0 Å². The molecule has 2 aromatic carbocycles. The highest BCUT2D eigenvalue weighted by Crippen LogP contribution is 2.29. The van der Waals surface area contributed by atoms with Gasteiger partial charge < -0.3 is 15.5 Å². The van der Waals surface area contributed by atoms with Gasteiger partial charge in [-0.05, 0) is 42.5 Å². The van der Waals surface area contributed by atoms with Crippen molar-refractivity contribution >= 4 is 31.1 Å². The van der Waals surface area contributed by atoms with Crippen LogP contribution >= 0.6 is 0 Å². The lowest BCUT2D eigenvalue weighted by Crippen LogP contribution is -2.14. The fourth-order valence-electron chi connectivity index (χ4n) is 2.73. The van der Waals surface area contributed by atoms with E-state index in [9.17, 15) is 31.6 Å². The van der Waals surface area contributed by atoms with Crippen LogP contribution in [0.15, 0.2) is 52.3 Å². The minimum absolute atomic E-state index is 0.0179. The second-order valence-electron chi connectivity index (χ2n) is 6.13. The summed E-state index contributed by atoms with van der Waals surface area (Å²) in [5.74, 6) is -0.445. The number of nitrogens with zero attached hydrogens (tertiary/aromatic N) is 1. The molecule has 0 radical (unpaired) electrons. The van der Waals surface area contributed by atoms with E-state index in [4.69, 9.17) is 4.55 Å². The van der Waals surface area contributed by atoms with Crippen LogP contribution in [0.3, 0.4) is 0 Å². The van der Waals surface area contributed by atoms with Gasteiger partial charge in [-0.3, -0.25) is 9.11 Å². The lowest BCUT2D eigenvalue weighted by Gasteiger charge is -2.10. The van der Waals surface area contributed by atoms with Gasteiger partial charge in [0, 0.05) is 24.0 Å². The Bertz CT molecular complexity index is 1300. The number of hydrogen-bond acceptors (Lipinski definition) is 8. The van der Waals surface area contributed by atoms with Crippen LogP contribution in [0.5, 0.6) is 11.5 Å². The third-order valence-electron chi connectivity index (χ3n) is 4.10. The maximum Gasteiger partial charge on any atom is 0.295 e. The molecule has 0 aliphatic carbocycles. The molecule has 0 unspecified atom stereocenters. The quantitative estimate of drug-likeness (QED) is 0.353. The van der Waals surface area contributed by atoms with Gasteiger partial charge in [0.15, 0.2) is 0 Å². The van der Waals surface area contributed by atoms with Gasteiger partial charge in [-0.25, -0.2) is 4.98 Å². The summed E-state index contributed by atoms with van der Waals surface area (Å²) in [6.45, 7) is 0.160. The minimum atomic E-state index is -4.50. The highest BCUT2D eigenvalue weighted by molar-refractivity contribution is 7.86. The largest absolute Gasteiger partial charge is 0.508 e. The van der Waals surface area contributed by atoms with E-state index in [0.717, 1.165) is 30.3 Å². The summed E-state index contributed by atoms with van der Waals surface area (Å²) in [6.07, 6.45) is 0. The fourth-order valence-corrected chi connectivity index (χ4v) is 3.94. The van der Waals surface area contributed by atoms with E-state index < -0.39 is 20.2 Å². The third-order valence-corrected chi connectivity index (χ3v) is 5.86. The molecule has 0 spiro atoms.